The molecule has 0 aliphatic carbocycles. The SMILES string of the molecule is CCCCCCC(=O)NCCSc1nc(-c2ccc(OC)cc2)c(-c2ccc(OC)cc2)[nH]1. The van der Waals surface area contributed by atoms with Gasteiger partial charge in [-0.05, 0) is 55.0 Å². The highest BCUT2D eigenvalue weighted by Gasteiger charge is 2.15. The van der Waals surface area contributed by atoms with Crippen molar-refractivity contribution in [3.63, 3.8) is 0 Å². The van der Waals surface area contributed by atoms with Crippen molar-refractivity contribution in [2.24, 2.45) is 0 Å². The molecule has 0 aliphatic heterocycles. The van der Waals surface area contributed by atoms with Crippen LogP contribution in [0.1, 0.15) is 39.0 Å². The fourth-order valence-corrected chi connectivity index (χ4v) is 4.21. The van der Waals surface area contributed by atoms with Gasteiger partial charge in [-0.2, -0.15) is 0 Å². The lowest BCUT2D eigenvalue weighted by atomic mass is 10.0. The molecule has 0 spiro atoms. The predicted octanol–water partition coefficient (Wildman–Crippen LogP) is 5.94. The maximum absolute atomic E-state index is 12.0. The Balaban J connectivity index is 1.68. The normalized spacial score (nSPS) is 10.8. The molecule has 3 rings (SSSR count). The monoisotopic (exact) mass is 467 g/mol. The maximum atomic E-state index is 12.0. The van der Waals surface area contributed by atoms with Crippen molar-refractivity contribution in [3.8, 4) is 34.0 Å². The molecule has 0 saturated heterocycles. The van der Waals surface area contributed by atoms with Gasteiger partial charge in [-0.1, -0.05) is 37.9 Å². The molecule has 7 heteroatoms. The molecular weight excluding hydrogens is 434 g/mol. The largest absolute Gasteiger partial charge is 0.497 e. The zero-order chi connectivity index (χ0) is 23.5. The van der Waals surface area contributed by atoms with Crippen molar-refractivity contribution in [1.29, 1.82) is 0 Å². The smallest absolute Gasteiger partial charge is 0.220 e. The summed E-state index contributed by atoms with van der Waals surface area (Å²) in [6.07, 6.45) is 5.05. The molecule has 3 aromatic rings. The third kappa shape index (κ3) is 7.29. The van der Waals surface area contributed by atoms with E-state index in [9.17, 15) is 4.79 Å². The number of rotatable bonds is 13. The number of aromatic nitrogens is 2. The van der Waals surface area contributed by atoms with E-state index < -0.39 is 0 Å². The molecule has 1 amide bonds. The molecular formula is C26H33N3O3S. The molecule has 2 aromatic carbocycles. The predicted molar refractivity (Wildman–Crippen MR) is 135 cm³/mol. The number of unbranched alkanes of at least 4 members (excludes halogenated alkanes) is 3. The van der Waals surface area contributed by atoms with Crippen molar-refractivity contribution in [2.75, 3.05) is 26.5 Å². The number of hydrogen-bond donors (Lipinski definition) is 2. The molecule has 0 atom stereocenters. The van der Waals surface area contributed by atoms with Gasteiger partial charge in [-0.15, -0.1) is 0 Å². The third-order valence-electron chi connectivity index (χ3n) is 5.34. The van der Waals surface area contributed by atoms with Gasteiger partial charge in [-0.3, -0.25) is 4.79 Å². The lowest BCUT2D eigenvalue weighted by Crippen LogP contribution is -2.25. The molecule has 0 aliphatic rings. The highest BCUT2D eigenvalue weighted by molar-refractivity contribution is 7.99. The van der Waals surface area contributed by atoms with Crippen LogP contribution in [0.2, 0.25) is 0 Å². The number of H-pyrrole nitrogens is 1. The van der Waals surface area contributed by atoms with Gasteiger partial charge in [-0.25, -0.2) is 4.98 Å². The van der Waals surface area contributed by atoms with Gasteiger partial charge in [0.15, 0.2) is 5.16 Å². The number of carbonyl (C=O) groups excluding carboxylic acids is 1. The standard InChI is InChI=1S/C26H33N3O3S/c1-4-5-6-7-8-23(30)27-17-18-33-26-28-24(19-9-13-21(31-2)14-10-19)25(29-26)20-11-15-22(32-3)16-12-20/h9-16H,4-8,17-18H2,1-3H3,(H,27,30)(H,28,29). The van der Waals surface area contributed by atoms with Crippen molar-refractivity contribution in [2.45, 2.75) is 44.2 Å². The number of aromatic amines is 1. The van der Waals surface area contributed by atoms with Crippen LogP contribution in [0.3, 0.4) is 0 Å². The van der Waals surface area contributed by atoms with E-state index in [1.807, 2.05) is 48.5 Å². The Morgan fingerprint density at radius 1 is 0.939 bits per heavy atom. The van der Waals surface area contributed by atoms with Gasteiger partial charge in [0.1, 0.15) is 11.5 Å². The number of hydrogen-bond acceptors (Lipinski definition) is 5. The van der Waals surface area contributed by atoms with Crippen LogP contribution in [0.15, 0.2) is 53.7 Å². The third-order valence-corrected chi connectivity index (χ3v) is 6.22. The van der Waals surface area contributed by atoms with Gasteiger partial charge < -0.3 is 19.8 Å². The summed E-state index contributed by atoms with van der Waals surface area (Å²) in [5, 5.41) is 3.83. The lowest BCUT2D eigenvalue weighted by Gasteiger charge is -2.06. The topological polar surface area (TPSA) is 76.2 Å². The van der Waals surface area contributed by atoms with E-state index in [2.05, 4.69) is 17.2 Å². The van der Waals surface area contributed by atoms with Crippen molar-refractivity contribution >= 4 is 17.7 Å². The first-order chi connectivity index (χ1) is 16.1. The summed E-state index contributed by atoms with van der Waals surface area (Å²) in [6.45, 7) is 2.79. The Labute approximate surface area is 200 Å². The van der Waals surface area contributed by atoms with Crippen molar-refractivity contribution in [1.82, 2.24) is 15.3 Å². The highest BCUT2D eigenvalue weighted by Crippen LogP contribution is 2.34. The maximum Gasteiger partial charge on any atom is 0.220 e. The molecule has 1 heterocycles. The summed E-state index contributed by atoms with van der Waals surface area (Å²) < 4.78 is 10.6. The average Bonchev–Trinajstić information content (AvgIpc) is 3.29. The summed E-state index contributed by atoms with van der Waals surface area (Å²) in [6, 6.07) is 15.8. The number of carbonyl (C=O) groups is 1. The van der Waals surface area contributed by atoms with Gasteiger partial charge in [0.25, 0.3) is 0 Å². The fraction of sp³-hybridized carbons (Fsp3) is 0.385. The second-order valence-corrected chi connectivity index (χ2v) is 8.82. The minimum Gasteiger partial charge on any atom is -0.497 e. The molecule has 0 fully saturated rings. The Hall–Kier alpha value is -2.93. The molecule has 1 aromatic heterocycles. The zero-order valence-corrected chi connectivity index (χ0v) is 20.5. The van der Waals surface area contributed by atoms with E-state index in [4.69, 9.17) is 14.5 Å². The van der Waals surface area contributed by atoms with E-state index in [0.717, 1.165) is 57.8 Å². The molecule has 0 radical (unpaired) electrons. The molecule has 0 saturated carbocycles. The van der Waals surface area contributed by atoms with E-state index in [1.165, 1.54) is 12.8 Å². The fourth-order valence-electron chi connectivity index (χ4n) is 3.48. The molecule has 2 N–H and O–H groups in total. The van der Waals surface area contributed by atoms with Gasteiger partial charge in [0, 0.05) is 29.8 Å². The lowest BCUT2D eigenvalue weighted by molar-refractivity contribution is -0.121. The molecule has 176 valence electrons. The first-order valence-electron chi connectivity index (χ1n) is 11.4. The first kappa shape index (κ1) is 24.7. The van der Waals surface area contributed by atoms with E-state index in [0.29, 0.717) is 13.0 Å². The van der Waals surface area contributed by atoms with Crippen molar-refractivity contribution < 1.29 is 14.3 Å². The average molecular weight is 468 g/mol. The zero-order valence-electron chi connectivity index (χ0n) is 19.6. The van der Waals surface area contributed by atoms with E-state index in [-0.39, 0.29) is 5.91 Å². The second-order valence-electron chi connectivity index (χ2n) is 7.73. The van der Waals surface area contributed by atoms with Crippen LogP contribution < -0.4 is 14.8 Å². The van der Waals surface area contributed by atoms with Crippen LogP contribution in [-0.4, -0.2) is 42.4 Å². The minimum absolute atomic E-state index is 0.129. The molecule has 0 unspecified atom stereocenters. The van der Waals surface area contributed by atoms with Crippen LogP contribution in [0, 0.1) is 0 Å². The first-order valence-corrected chi connectivity index (χ1v) is 12.4. The van der Waals surface area contributed by atoms with Gasteiger partial charge in [0.05, 0.1) is 25.6 Å². The number of nitrogens with zero attached hydrogens (tertiary/aromatic N) is 1. The van der Waals surface area contributed by atoms with Gasteiger partial charge in [0.2, 0.25) is 5.91 Å². The molecule has 6 nitrogen and oxygen atoms in total. The van der Waals surface area contributed by atoms with Crippen LogP contribution in [0.5, 0.6) is 11.5 Å². The summed E-state index contributed by atoms with van der Waals surface area (Å²) in [5.41, 5.74) is 3.86. The number of amides is 1. The Morgan fingerprint density at radius 3 is 2.18 bits per heavy atom. The highest BCUT2D eigenvalue weighted by atomic mass is 32.2. The van der Waals surface area contributed by atoms with Crippen LogP contribution in [0.25, 0.3) is 22.5 Å². The summed E-state index contributed by atoms with van der Waals surface area (Å²) >= 11 is 1.60. The van der Waals surface area contributed by atoms with Crippen LogP contribution >= 0.6 is 11.8 Å². The van der Waals surface area contributed by atoms with E-state index in [1.54, 1.807) is 26.0 Å². The number of methoxy groups -OCH3 is 2. The Morgan fingerprint density at radius 2 is 1.58 bits per heavy atom. The second kappa shape index (κ2) is 12.9. The molecule has 0 bridgehead atoms. The Kier molecular flexibility index (Phi) is 9.69. The number of thioether (sulfide) groups is 1. The van der Waals surface area contributed by atoms with Crippen molar-refractivity contribution in [3.05, 3.63) is 48.5 Å². The summed E-state index contributed by atoms with van der Waals surface area (Å²) in [5.74, 6) is 2.49. The summed E-state index contributed by atoms with van der Waals surface area (Å²) in [4.78, 5) is 20.3. The van der Waals surface area contributed by atoms with E-state index >= 15 is 0 Å². The quantitative estimate of drug-likeness (QED) is 0.240. The number of nitrogens with one attached hydrogen (secondary N) is 2. The number of ether oxygens (including phenoxy) is 2. The number of benzene rings is 2. The Bertz CT molecular complexity index is 936. The summed E-state index contributed by atoms with van der Waals surface area (Å²) in [7, 11) is 3.32. The van der Waals surface area contributed by atoms with Gasteiger partial charge >= 0.3 is 0 Å². The van der Waals surface area contributed by atoms with Crippen LogP contribution in [-0.2, 0) is 4.79 Å². The minimum atomic E-state index is 0.129. The van der Waals surface area contributed by atoms with Crippen LogP contribution in [0.4, 0.5) is 0 Å². The number of imidazole rings is 1. The molecule has 33 heavy (non-hydrogen) atoms.